The Bertz CT molecular complexity index is 793. The summed E-state index contributed by atoms with van der Waals surface area (Å²) in [6, 6.07) is 10.00. The Morgan fingerprint density at radius 3 is 2.80 bits per heavy atom. The van der Waals surface area contributed by atoms with Crippen molar-refractivity contribution in [1.82, 2.24) is 9.97 Å². The molecule has 0 saturated carbocycles. The number of H-pyrrole nitrogens is 1. The second kappa shape index (κ2) is 5.04. The summed E-state index contributed by atoms with van der Waals surface area (Å²) in [6.07, 6.45) is 0. The molecule has 0 atom stereocenters. The zero-order valence-corrected chi connectivity index (χ0v) is 13.0. The first-order valence-electron chi connectivity index (χ1n) is 6.45. The van der Waals surface area contributed by atoms with Crippen molar-refractivity contribution in [1.29, 1.82) is 0 Å². The topological polar surface area (TPSA) is 48.9 Å². The third kappa shape index (κ3) is 2.15. The smallest absolute Gasteiger partial charge is 0.138 e. The highest BCUT2D eigenvalue weighted by Gasteiger charge is 2.11. The molecule has 102 valence electrons. The molecule has 0 fully saturated rings. The van der Waals surface area contributed by atoms with Gasteiger partial charge in [-0.1, -0.05) is 34.1 Å². The standard InChI is InChI=1S/C16H15BrN2O/c1-9-6-11(8-20)7-14-15(9)19-16(18-14)12-4-3-5-13(17)10(12)2/h3-7,20H,8H2,1-2H3,(H,18,19). The van der Waals surface area contributed by atoms with Crippen molar-refractivity contribution in [2.45, 2.75) is 20.5 Å². The number of nitrogens with zero attached hydrogens (tertiary/aromatic N) is 1. The minimum Gasteiger partial charge on any atom is -0.392 e. The Hall–Kier alpha value is -1.65. The number of aliphatic hydroxyl groups is 1. The molecule has 3 nitrogen and oxygen atoms in total. The lowest BCUT2D eigenvalue weighted by atomic mass is 10.1. The number of benzene rings is 2. The predicted octanol–water partition coefficient (Wildman–Crippen LogP) is 4.10. The summed E-state index contributed by atoms with van der Waals surface area (Å²) in [7, 11) is 0. The lowest BCUT2D eigenvalue weighted by Crippen LogP contribution is -1.86. The summed E-state index contributed by atoms with van der Waals surface area (Å²) in [6.45, 7) is 4.13. The van der Waals surface area contributed by atoms with Crippen LogP contribution in [0.5, 0.6) is 0 Å². The molecule has 0 bridgehead atoms. The summed E-state index contributed by atoms with van der Waals surface area (Å²) < 4.78 is 1.07. The minimum absolute atomic E-state index is 0.0366. The lowest BCUT2D eigenvalue weighted by molar-refractivity contribution is 0.282. The summed E-state index contributed by atoms with van der Waals surface area (Å²) in [5.74, 6) is 0.858. The van der Waals surface area contributed by atoms with Crippen LogP contribution in [0.1, 0.15) is 16.7 Å². The van der Waals surface area contributed by atoms with Gasteiger partial charge in [-0.2, -0.15) is 0 Å². The fourth-order valence-electron chi connectivity index (χ4n) is 2.44. The number of nitrogens with one attached hydrogen (secondary N) is 1. The predicted molar refractivity (Wildman–Crippen MR) is 84.6 cm³/mol. The van der Waals surface area contributed by atoms with Crippen molar-refractivity contribution in [3.05, 3.63) is 51.5 Å². The molecule has 2 aromatic carbocycles. The third-order valence-electron chi connectivity index (χ3n) is 3.56. The van der Waals surface area contributed by atoms with Gasteiger partial charge in [-0.25, -0.2) is 4.98 Å². The van der Waals surface area contributed by atoms with Gasteiger partial charge in [0, 0.05) is 10.0 Å². The first-order chi connectivity index (χ1) is 9.60. The van der Waals surface area contributed by atoms with Gasteiger partial charge in [0.1, 0.15) is 5.82 Å². The number of aliphatic hydroxyl groups excluding tert-OH is 1. The second-order valence-corrected chi connectivity index (χ2v) is 5.82. The number of hydrogen-bond acceptors (Lipinski definition) is 2. The van der Waals surface area contributed by atoms with Crippen LogP contribution in [-0.2, 0) is 6.61 Å². The van der Waals surface area contributed by atoms with Crippen LogP contribution in [0.2, 0.25) is 0 Å². The van der Waals surface area contributed by atoms with Crippen LogP contribution >= 0.6 is 15.9 Å². The third-order valence-corrected chi connectivity index (χ3v) is 4.41. The van der Waals surface area contributed by atoms with E-state index in [2.05, 4.69) is 38.9 Å². The molecule has 1 aromatic heterocycles. The van der Waals surface area contributed by atoms with Gasteiger partial charge in [-0.3, -0.25) is 0 Å². The average molecular weight is 331 g/mol. The lowest BCUT2D eigenvalue weighted by Gasteiger charge is -2.03. The van der Waals surface area contributed by atoms with Crippen molar-refractivity contribution in [2.24, 2.45) is 0 Å². The Morgan fingerprint density at radius 1 is 1.25 bits per heavy atom. The molecule has 1 heterocycles. The molecule has 3 rings (SSSR count). The molecule has 0 aliphatic rings. The average Bonchev–Trinajstić information content (AvgIpc) is 2.86. The van der Waals surface area contributed by atoms with Gasteiger partial charge in [0.25, 0.3) is 0 Å². The van der Waals surface area contributed by atoms with Crippen LogP contribution in [0.4, 0.5) is 0 Å². The molecule has 2 N–H and O–H groups in total. The molecule has 20 heavy (non-hydrogen) atoms. The van der Waals surface area contributed by atoms with Crippen LogP contribution in [0.3, 0.4) is 0 Å². The van der Waals surface area contributed by atoms with Gasteiger partial charge in [-0.05, 0) is 42.7 Å². The SMILES string of the molecule is Cc1c(Br)cccc1-c1nc2cc(CO)cc(C)c2[nH]1. The summed E-state index contributed by atoms with van der Waals surface area (Å²) in [5, 5.41) is 9.28. The number of halogens is 1. The number of rotatable bonds is 2. The monoisotopic (exact) mass is 330 g/mol. The first kappa shape index (κ1) is 13.3. The van der Waals surface area contributed by atoms with Gasteiger partial charge in [0.05, 0.1) is 17.6 Å². The summed E-state index contributed by atoms with van der Waals surface area (Å²) in [5.41, 5.74) is 6.14. The van der Waals surface area contributed by atoms with Gasteiger partial charge >= 0.3 is 0 Å². The fourth-order valence-corrected chi connectivity index (χ4v) is 2.81. The van der Waals surface area contributed by atoms with Crippen molar-refractivity contribution in [2.75, 3.05) is 0 Å². The van der Waals surface area contributed by atoms with E-state index in [1.165, 1.54) is 0 Å². The molecule has 0 spiro atoms. The number of aromatic amines is 1. The van der Waals surface area contributed by atoms with Gasteiger partial charge < -0.3 is 10.1 Å². The quantitative estimate of drug-likeness (QED) is 0.743. The molecule has 3 aromatic rings. The van der Waals surface area contributed by atoms with Crippen LogP contribution in [0.15, 0.2) is 34.8 Å². The van der Waals surface area contributed by atoms with Crippen LogP contribution in [0.25, 0.3) is 22.4 Å². The van der Waals surface area contributed by atoms with E-state index < -0.39 is 0 Å². The molecule has 0 saturated heterocycles. The molecular formula is C16H15BrN2O. The number of hydrogen-bond donors (Lipinski definition) is 2. The largest absolute Gasteiger partial charge is 0.392 e. The normalized spacial score (nSPS) is 11.2. The van der Waals surface area contributed by atoms with E-state index in [0.29, 0.717) is 0 Å². The van der Waals surface area contributed by atoms with E-state index in [1.807, 2.05) is 31.2 Å². The van der Waals surface area contributed by atoms with E-state index >= 15 is 0 Å². The van der Waals surface area contributed by atoms with Gasteiger partial charge in [0.2, 0.25) is 0 Å². The summed E-state index contributed by atoms with van der Waals surface area (Å²) >= 11 is 3.55. The molecule has 0 aliphatic heterocycles. The molecule has 4 heteroatoms. The Kier molecular flexibility index (Phi) is 3.36. The van der Waals surface area contributed by atoms with Crippen molar-refractivity contribution >= 4 is 27.0 Å². The van der Waals surface area contributed by atoms with Crippen molar-refractivity contribution in [3.8, 4) is 11.4 Å². The van der Waals surface area contributed by atoms with Crippen LogP contribution in [0, 0.1) is 13.8 Å². The van der Waals surface area contributed by atoms with Crippen molar-refractivity contribution < 1.29 is 5.11 Å². The number of imidazole rings is 1. The Morgan fingerprint density at radius 2 is 2.05 bits per heavy atom. The summed E-state index contributed by atoms with van der Waals surface area (Å²) in [4.78, 5) is 8.05. The zero-order valence-electron chi connectivity index (χ0n) is 11.4. The number of fused-ring (bicyclic) bond motifs is 1. The first-order valence-corrected chi connectivity index (χ1v) is 7.25. The zero-order chi connectivity index (χ0) is 14.3. The Labute approximate surface area is 125 Å². The molecule has 0 radical (unpaired) electrons. The van der Waals surface area contributed by atoms with E-state index in [0.717, 1.165) is 43.6 Å². The molecule has 0 aliphatic carbocycles. The molecular weight excluding hydrogens is 316 g/mol. The Balaban J connectivity index is 2.23. The van der Waals surface area contributed by atoms with E-state index in [-0.39, 0.29) is 6.61 Å². The molecule has 0 unspecified atom stereocenters. The minimum atomic E-state index is 0.0366. The van der Waals surface area contributed by atoms with Gasteiger partial charge in [-0.15, -0.1) is 0 Å². The van der Waals surface area contributed by atoms with Crippen LogP contribution in [-0.4, -0.2) is 15.1 Å². The highest BCUT2D eigenvalue weighted by Crippen LogP contribution is 2.29. The van der Waals surface area contributed by atoms with E-state index in [4.69, 9.17) is 0 Å². The van der Waals surface area contributed by atoms with E-state index in [9.17, 15) is 5.11 Å². The van der Waals surface area contributed by atoms with Gasteiger partial charge in [0.15, 0.2) is 0 Å². The highest BCUT2D eigenvalue weighted by atomic mass is 79.9. The molecule has 0 amide bonds. The van der Waals surface area contributed by atoms with E-state index in [1.54, 1.807) is 0 Å². The highest BCUT2D eigenvalue weighted by molar-refractivity contribution is 9.10. The van der Waals surface area contributed by atoms with Crippen LogP contribution < -0.4 is 0 Å². The maximum Gasteiger partial charge on any atom is 0.138 e. The maximum absolute atomic E-state index is 9.28. The maximum atomic E-state index is 9.28. The number of aromatic nitrogens is 2. The van der Waals surface area contributed by atoms with Crippen molar-refractivity contribution in [3.63, 3.8) is 0 Å². The second-order valence-electron chi connectivity index (χ2n) is 4.96. The fraction of sp³-hybridized carbons (Fsp3) is 0.188. The number of aryl methyl sites for hydroxylation is 1.